The van der Waals surface area contributed by atoms with Crippen LogP contribution in [0.25, 0.3) is 0 Å². The third kappa shape index (κ3) is 2.93. The van der Waals surface area contributed by atoms with Crippen LogP contribution >= 0.6 is 0 Å². The van der Waals surface area contributed by atoms with Crippen LogP contribution in [-0.4, -0.2) is 11.2 Å². The van der Waals surface area contributed by atoms with Gasteiger partial charge in [0.1, 0.15) is 5.82 Å². The predicted octanol–water partition coefficient (Wildman–Crippen LogP) is 2.08. The predicted molar refractivity (Wildman–Crippen MR) is 43.1 cm³/mol. The molecule has 0 unspecified atom stereocenters. The summed E-state index contributed by atoms with van der Waals surface area (Å²) in [7, 11) is 0. The Labute approximate surface area is 73.6 Å². The van der Waals surface area contributed by atoms with E-state index in [4.69, 9.17) is 5.73 Å². The SMILES string of the molecule is Cc1nc(N)ccc1CC(F)(F)F. The van der Waals surface area contributed by atoms with Gasteiger partial charge >= 0.3 is 6.18 Å². The molecule has 1 rings (SSSR count). The van der Waals surface area contributed by atoms with E-state index in [0.717, 1.165) is 0 Å². The highest BCUT2D eigenvalue weighted by atomic mass is 19.4. The number of nitrogen functional groups attached to an aromatic ring is 1. The molecule has 0 saturated carbocycles. The lowest BCUT2D eigenvalue weighted by Gasteiger charge is -2.08. The molecule has 1 heterocycles. The van der Waals surface area contributed by atoms with Gasteiger partial charge in [-0.2, -0.15) is 13.2 Å². The van der Waals surface area contributed by atoms with Gasteiger partial charge in [-0.15, -0.1) is 0 Å². The molecule has 0 atom stereocenters. The fourth-order valence-corrected chi connectivity index (χ4v) is 1.01. The summed E-state index contributed by atoms with van der Waals surface area (Å²) < 4.78 is 35.9. The number of aromatic nitrogens is 1. The van der Waals surface area contributed by atoms with E-state index in [-0.39, 0.29) is 11.4 Å². The van der Waals surface area contributed by atoms with E-state index < -0.39 is 12.6 Å². The first-order chi connectivity index (χ1) is 5.88. The smallest absolute Gasteiger partial charge is 0.384 e. The van der Waals surface area contributed by atoms with E-state index in [2.05, 4.69) is 4.98 Å². The second-order valence-electron chi connectivity index (χ2n) is 2.77. The molecule has 0 radical (unpaired) electrons. The van der Waals surface area contributed by atoms with Gasteiger partial charge in [-0.1, -0.05) is 6.07 Å². The number of alkyl halides is 3. The summed E-state index contributed by atoms with van der Waals surface area (Å²) >= 11 is 0. The molecule has 1 aromatic heterocycles. The Morgan fingerprint density at radius 3 is 2.46 bits per heavy atom. The number of pyridine rings is 1. The molecule has 0 bridgehead atoms. The van der Waals surface area contributed by atoms with E-state index in [9.17, 15) is 13.2 Å². The van der Waals surface area contributed by atoms with Crippen molar-refractivity contribution in [2.75, 3.05) is 5.73 Å². The highest BCUT2D eigenvalue weighted by Gasteiger charge is 2.28. The van der Waals surface area contributed by atoms with Gasteiger partial charge in [-0.3, -0.25) is 0 Å². The Morgan fingerprint density at radius 1 is 1.38 bits per heavy atom. The number of anilines is 1. The monoisotopic (exact) mass is 190 g/mol. The molecule has 5 heteroatoms. The molecule has 0 saturated heterocycles. The summed E-state index contributed by atoms with van der Waals surface area (Å²) in [6.07, 6.45) is -5.14. The molecule has 0 aromatic carbocycles. The fraction of sp³-hybridized carbons (Fsp3) is 0.375. The average Bonchev–Trinajstić information content (AvgIpc) is 1.93. The van der Waals surface area contributed by atoms with E-state index in [1.165, 1.54) is 19.1 Å². The molecule has 13 heavy (non-hydrogen) atoms. The zero-order valence-electron chi connectivity index (χ0n) is 7.02. The Hall–Kier alpha value is -1.26. The molecule has 1 aromatic rings. The van der Waals surface area contributed by atoms with Crippen LogP contribution in [0.4, 0.5) is 19.0 Å². The van der Waals surface area contributed by atoms with Crippen LogP contribution in [0, 0.1) is 6.92 Å². The minimum Gasteiger partial charge on any atom is -0.384 e. The molecule has 0 aliphatic heterocycles. The minimum atomic E-state index is -4.19. The van der Waals surface area contributed by atoms with Crippen molar-refractivity contribution in [3.05, 3.63) is 23.4 Å². The van der Waals surface area contributed by atoms with Gasteiger partial charge < -0.3 is 5.73 Å². The quantitative estimate of drug-likeness (QED) is 0.736. The van der Waals surface area contributed by atoms with Gasteiger partial charge in [-0.05, 0) is 18.6 Å². The van der Waals surface area contributed by atoms with Crippen LogP contribution in [-0.2, 0) is 6.42 Å². The highest BCUT2D eigenvalue weighted by Crippen LogP contribution is 2.22. The second kappa shape index (κ2) is 3.24. The summed E-state index contributed by atoms with van der Waals surface area (Å²) in [6, 6.07) is 2.72. The molecule has 0 fully saturated rings. The second-order valence-corrected chi connectivity index (χ2v) is 2.77. The maximum absolute atomic E-state index is 12.0. The molecule has 2 nitrogen and oxygen atoms in total. The van der Waals surface area contributed by atoms with Gasteiger partial charge in [-0.25, -0.2) is 4.98 Å². The van der Waals surface area contributed by atoms with Crippen molar-refractivity contribution in [1.82, 2.24) is 4.98 Å². The lowest BCUT2D eigenvalue weighted by molar-refractivity contribution is -0.127. The first-order valence-electron chi connectivity index (χ1n) is 3.67. The Kier molecular flexibility index (Phi) is 2.45. The molecule has 0 aliphatic rings. The van der Waals surface area contributed by atoms with Crippen LogP contribution in [0.5, 0.6) is 0 Å². The third-order valence-corrected chi connectivity index (χ3v) is 1.61. The van der Waals surface area contributed by atoms with E-state index >= 15 is 0 Å². The topological polar surface area (TPSA) is 38.9 Å². The van der Waals surface area contributed by atoms with Crippen LogP contribution in [0.2, 0.25) is 0 Å². The number of aryl methyl sites for hydroxylation is 1. The van der Waals surface area contributed by atoms with Gasteiger partial charge in [0.15, 0.2) is 0 Å². The van der Waals surface area contributed by atoms with E-state index in [1.54, 1.807) is 0 Å². The van der Waals surface area contributed by atoms with Gasteiger partial charge in [0.2, 0.25) is 0 Å². The number of rotatable bonds is 1. The number of hydrogen-bond acceptors (Lipinski definition) is 2. The standard InChI is InChI=1S/C8H9F3N2/c1-5-6(4-8(9,10)11)2-3-7(12)13-5/h2-3H,4H2,1H3,(H2,12,13). The van der Waals surface area contributed by atoms with Crippen molar-refractivity contribution >= 4 is 5.82 Å². The van der Waals surface area contributed by atoms with Gasteiger partial charge in [0.05, 0.1) is 6.42 Å². The highest BCUT2D eigenvalue weighted by molar-refractivity contribution is 5.33. The average molecular weight is 190 g/mol. The summed E-state index contributed by atoms with van der Waals surface area (Å²) in [5.74, 6) is 0.239. The minimum absolute atomic E-state index is 0.168. The normalized spacial score (nSPS) is 11.7. The van der Waals surface area contributed by atoms with E-state index in [1.807, 2.05) is 0 Å². The van der Waals surface area contributed by atoms with Crippen LogP contribution in [0.3, 0.4) is 0 Å². The zero-order valence-corrected chi connectivity index (χ0v) is 7.02. The van der Waals surface area contributed by atoms with Crippen LogP contribution < -0.4 is 5.73 Å². The molecule has 72 valence electrons. The fourth-order valence-electron chi connectivity index (χ4n) is 1.01. The van der Waals surface area contributed by atoms with Gasteiger partial charge in [0, 0.05) is 5.69 Å². The van der Waals surface area contributed by atoms with Crippen LogP contribution in [0.15, 0.2) is 12.1 Å². The summed E-state index contributed by atoms with van der Waals surface area (Å²) in [5, 5.41) is 0. The molecule has 0 spiro atoms. The number of halogens is 3. The van der Waals surface area contributed by atoms with Crippen molar-refractivity contribution in [2.45, 2.75) is 19.5 Å². The molecular formula is C8H9F3N2. The summed E-state index contributed by atoms with van der Waals surface area (Å²) in [4.78, 5) is 3.74. The first kappa shape index (κ1) is 9.83. The van der Waals surface area contributed by atoms with Crippen molar-refractivity contribution in [2.24, 2.45) is 0 Å². The van der Waals surface area contributed by atoms with Crippen molar-refractivity contribution in [3.8, 4) is 0 Å². The van der Waals surface area contributed by atoms with Crippen molar-refractivity contribution < 1.29 is 13.2 Å². The van der Waals surface area contributed by atoms with E-state index in [0.29, 0.717) is 5.69 Å². The molecule has 2 N–H and O–H groups in total. The Morgan fingerprint density at radius 2 is 2.00 bits per heavy atom. The van der Waals surface area contributed by atoms with Crippen molar-refractivity contribution in [1.29, 1.82) is 0 Å². The van der Waals surface area contributed by atoms with Gasteiger partial charge in [0.25, 0.3) is 0 Å². The number of nitrogens with two attached hydrogens (primary N) is 1. The zero-order chi connectivity index (χ0) is 10.1. The van der Waals surface area contributed by atoms with Crippen LogP contribution in [0.1, 0.15) is 11.3 Å². The maximum Gasteiger partial charge on any atom is 0.393 e. The molecular weight excluding hydrogens is 181 g/mol. The third-order valence-electron chi connectivity index (χ3n) is 1.61. The summed E-state index contributed by atoms with van der Waals surface area (Å²) in [6.45, 7) is 1.51. The Bertz CT molecular complexity index is 307. The number of hydrogen-bond donors (Lipinski definition) is 1. The summed E-state index contributed by atoms with van der Waals surface area (Å²) in [5.41, 5.74) is 5.80. The van der Waals surface area contributed by atoms with Crippen molar-refractivity contribution in [3.63, 3.8) is 0 Å². The lowest BCUT2D eigenvalue weighted by Crippen LogP contribution is -2.13. The molecule has 0 aliphatic carbocycles. The first-order valence-corrected chi connectivity index (χ1v) is 3.67. The lowest BCUT2D eigenvalue weighted by atomic mass is 10.1. The largest absolute Gasteiger partial charge is 0.393 e. The maximum atomic E-state index is 12.0. The number of nitrogens with zero attached hydrogens (tertiary/aromatic N) is 1. The Balaban J connectivity index is 2.90. The molecule has 0 amide bonds.